The fourth-order valence-corrected chi connectivity index (χ4v) is 14.0. The molecule has 15 aromatic rings. The minimum atomic E-state index is 0.397. The molecule has 0 saturated heterocycles. The Bertz CT molecular complexity index is 4530. The Morgan fingerprint density at radius 1 is 0.377 bits per heavy atom. The Morgan fingerprint density at radius 3 is 1.25 bits per heavy atom. The maximum absolute atomic E-state index is 12.3. The molecule has 0 aliphatic heterocycles. The van der Waals surface area contributed by atoms with Crippen molar-refractivity contribution in [3.63, 3.8) is 0 Å². The summed E-state index contributed by atoms with van der Waals surface area (Å²) in [6.45, 7) is 9.61. The van der Waals surface area contributed by atoms with Gasteiger partial charge in [-0.25, -0.2) is 4.85 Å². The SMILES string of the molecule is [C-]#[N+]c1c(-n2c3ccccc3c3ccccc32)c(C#N)c(-n2c3ccccc3c3ccc4c5ccccc5sc4c32)c(-c2ccccc2)c1-n1c2ccccc2c2ccc3c4ccccc4sc3c21. The van der Waals surface area contributed by atoms with Gasteiger partial charge in [-0.3, -0.25) is 0 Å². The average molecular weight is 912 g/mol. The monoisotopic (exact) mass is 911 g/mol. The van der Waals surface area contributed by atoms with E-state index in [4.69, 9.17) is 4.85 Å². The molecule has 10 aromatic carbocycles. The first-order chi connectivity index (χ1) is 34.2. The highest BCUT2D eigenvalue weighted by molar-refractivity contribution is 7.27. The van der Waals surface area contributed by atoms with Crippen molar-refractivity contribution in [3.05, 3.63) is 217 Å². The van der Waals surface area contributed by atoms with Gasteiger partial charge in [-0.05, 0) is 42.0 Å². The molecular formula is C62H33N5S2. The van der Waals surface area contributed by atoms with Crippen molar-refractivity contribution in [2.45, 2.75) is 0 Å². The third-order valence-corrected chi connectivity index (χ3v) is 16.7. The van der Waals surface area contributed by atoms with E-state index in [1.807, 2.05) is 6.07 Å². The van der Waals surface area contributed by atoms with E-state index < -0.39 is 0 Å². The lowest BCUT2D eigenvalue weighted by atomic mass is 9.93. The van der Waals surface area contributed by atoms with Crippen molar-refractivity contribution in [1.29, 1.82) is 5.26 Å². The molecule has 5 heterocycles. The van der Waals surface area contributed by atoms with E-state index in [0.717, 1.165) is 97.3 Å². The second-order valence-corrected chi connectivity index (χ2v) is 19.8. The molecule has 0 fully saturated rings. The minimum Gasteiger partial charge on any atom is -0.318 e. The van der Waals surface area contributed by atoms with Crippen LogP contribution in [-0.2, 0) is 0 Å². The van der Waals surface area contributed by atoms with Gasteiger partial charge in [-0.1, -0.05) is 164 Å². The lowest BCUT2D eigenvalue weighted by Crippen LogP contribution is -2.11. The maximum Gasteiger partial charge on any atom is 0.236 e. The molecule has 0 N–H and O–H groups in total. The fourth-order valence-electron chi connectivity index (χ4n) is 11.5. The zero-order chi connectivity index (χ0) is 45.5. The molecule has 0 aliphatic carbocycles. The fraction of sp³-hybridized carbons (Fsp3) is 0. The number of hydrogen-bond acceptors (Lipinski definition) is 3. The predicted octanol–water partition coefficient (Wildman–Crippen LogP) is 17.8. The maximum atomic E-state index is 12.3. The number of aromatic nitrogens is 3. The van der Waals surface area contributed by atoms with E-state index >= 15 is 0 Å². The van der Waals surface area contributed by atoms with E-state index in [1.54, 1.807) is 22.7 Å². The smallest absolute Gasteiger partial charge is 0.236 e. The minimum absolute atomic E-state index is 0.397. The second kappa shape index (κ2) is 14.3. The van der Waals surface area contributed by atoms with Crippen molar-refractivity contribution >= 4 is 134 Å². The van der Waals surface area contributed by atoms with Crippen LogP contribution in [0.5, 0.6) is 0 Å². The number of nitriles is 1. The standard InChI is InChI=1S/C62H33N5S2/c1-64-55-57(65-48-25-11-5-19-37(48)38-20-6-12-26-49(38)65)47(35-63)56(66-50-27-13-7-21-39(50)43-31-33-45-41-23-9-15-29-52(41)68-61(45)58(43)66)54(36-17-3-2-4-18-36)60(55)67-51-28-14-8-22-40(51)44-32-34-46-42-24-10-16-30-53(42)69-62(46)59(44)67/h2-34H. The summed E-state index contributed by atoms with van der Waals surface area (Å²) in [7, 11) is 0. The molecule has 0 bridgehead atoms. The van der Waals surface area contributed by atoms with E-state index in [9.17, 15) is 11.8 Å². The number of nitrogens with zero attached hydrogens (tertiary/aromatic N) is 5. The quantitative estimate of drug-likeness (QED) is 0.162. The summed E-state index contributed by atoms with van der Waals surface area (Å²) in [6, 6.07) is 73.6. The average Bonchev–Trinajstić information content (AvgIpc) is 4.22. The topological polar surface area (TPSA) is 42.9 Å². The van der Waals surface area contributed by atoms with Gasteiger partial charge in [0.2, 0.25) is 5.69 Å². The summed E-state index contributed by atoms with van der Waals surface area (Å²) >= 11 is 3.58. The summed E-state index contributed by atoms with van der Waals surface area (Å²) in [4.78, 5) is 4.71. The van der Waals surface area contributed by atoms with Crippen LogP contribution in [-0.4, -0.2) is 13.7 Å². The molecule has 0 atom stereocenters. The van der Waals surface area contributed by atoms with E-state index in [0.29, 0.717) is 16.9 Å². The molecule has 0 saturated carbocycles. The first-order valence-corrected chi connectivity index (χ1v) is 24.6. The third kappa shape index (κ3) is 5.05. The van der Waals surface area contributed by atoms with Gasteiger partial charge < -0.3 is 13.7 Å². The number of rotatable bonds is 4. The molecular weight excluding hydrogens is 879 g/mol. The molecule has 0 spiro atoms. The van der Waals surface area contributed by atoms with Crippen molar-refractivity contribution in [3.8, 4) is 34.3 Å². The summed E-state index contributed by atoms with van der Waals surface area (Å²) in [6.07, 6.45) is 0. The Labute approximate surface area is 402 Å². The number of thiophene rings is 2. The third-order valence-electron chi connectivity index (χ3n) is 14.3. The zero-order valence-corrected chi connectivity index (χ0v) is 38.2. The van der Waals surface area contributed by atoms with E-state index in [-0.39, 0.29) is 0 Å². The van der Waals surface area contributed by atoms with Crippen LogP contribution in [0.4, 0.5) is 5.69 Å². The number of fused-ring (bicyclic) bond motifs is 17. The number of para-hydroxylation sites is 4. The summed E-state index contributed by atoms with van der Waals surface area (Å²) in [5.74, 6) is 0. The van der Waals surface area contributed by atoms with Crippen LogP contribution in [0.1, 0.15) is 5.56 Å². The molecule has 0 radical (unpaired) electrons. The normalized spacial score (nSPS) is 12.0. The van der Waals surface area contributed by atoms with Gasteiger partial charge in [0.1, 0.15) is 6.07 Å². The highest BCUT2D eigenvalue weighted by Gasteiger charge is 2.34. The van der Waals surface area contributed by atoms with Crippen LogP contribution in [0.15, 0.2) is 200 Å². The molecule has 0 amide bonds. The first kappa shape index (κ1) is 38.2. The summed E-state index contributed by atoms with van der Waals surface area (Å²) in [5, 5.41) is 23.5. The molecule has 0 aliphatic rings. The largest absolute Gasteiger partial charge is 0.318 e. The van der Waals surface area contributed by atoms with Crippen molar-refractivity contribution in [2.75, 3.05) is 0 Å². The van der Waals surface area contributed by atoms with E-state index in [1.165, 1.54) is 30.9 Å². The number of hydrogen-bond donors (Lipinski definition) is 0. The molecule has 0 unspecified atom stereocenters. The molecule has 69 heavy (non-hydrogen) atoms. The van der Waals surface area contributed by atoms with E-state index in [2.05, 4.69) is 214 Å². The van der Waals surface area contributed by atoms with Crippen LogP contribution < -0.4 is 0 Å². The van der Waals surface area contributed by atoms with Crippen molar-refractivity contribution in [1.82, 2.24) is 13.7 Å². The Balaban J connectivity index is 1.27. The van der Waals surface area contributed by atoms with Crippen molar-refractivity contribution in [2.24, 2.45) is 0 Å². The van der Waals surface area contributed by atoms with Crippen LogP contribution in [0.2, 0.25) is 0 Å². The number of benzene rings is 10. The van der Waals surface area contributed by atoms with Gasteiger partial charge in [-0.2, -0.15) is 5.26 Å². The zero-order valence-electron chi connectivity index (χ0n) is 36.6. The van der Waals surface area contributed by atoms with Gasteiger partial charge in [-0.15, -0.1) is 22.7 Å². The van der Waals surface area contributed by atoms with Crippen molar-refractivity contribution < 1.29 is 0 Å². The molecule has 7 heteroatoms. The first-order valence-electron chi connectivity index (χ1n) is 22.9. The lowest BCUT2D eigenvalue weighted by Gasteiger charge is -2.26. The Hall–Kier alpha value is -8.98. The Morgan fingerprint density at radius 2 is 0.768 bits per heavy atom. The molecule has 15 rings (SSSR count). The summed E-state index contributed by atoms with van der Waals surface area (Å²) < 4.78 is 11.6. The van der Waals surface area contributed by atoms with Crippen LogP contribution in [0.3, 0.4) is 0 Å². The van der Waals surface area contributed by atoms with Gasteiger partial charge in [0.15, 0.2) is 0 Å². The molecule has 5 aromatic heterocycles. The lowest BCUT2D eigenvalue weighted by molar-refractivity contribution is 1.10. The van der Waals surface area contributed by atoms with Gasteiger partial charge >= 0.3 is 0 Å². The highest BCUT2D eigenvalue weighted by Crippen LogP contribution is 2.54. The summed E-state index contributed by atoms with van der Waals surface area (Å²) in [5.41, 5.74) is 10.4. The predicted molar refractivity (Wildman–Crippen MR) is 292 cm³/mol. The van der Waals surface area contributed by atoms with Gasteiger partial charge in [0.05, 0.1) is 71.7 Å². The molecule has 318 valence electrons. The van der Waals surface area contributed by atoms with Crippen LogP contribution in [0.25, 0.3) is 139 Å². The van der Waals surface area contributed by atoms with Crippen LogP contribution in [0, 0.1) is 17.9 Å². The molecule has 5 nitrogen and oxygen atoms in total. The van der Waals surface area contributed by atoms with Crippen LogP contribution >= 0.6 is 22.7 Å². The second-order valence-electron chi connectivity index (χ2n) is 17.7. The Kier molecular flexibility index (Phi) is 7.89. The highest BCUT2D eigenvalue weighted by atomic mass is 32.1. The van der Waals surface area contributed by atoms with Gasteiger partial charge in [0, 0.05) is 68.8 Å². The van der Waals surface area contributed by atoms with Gasteiger partial charge in [0.25, 0.3) is 0 Å².